The van der Waals surface area contributed by atoms with Crippen LogP contribution in [0.1, 0.15) is 32.3 Å². The van der Waals surface area contributed by atoms with Crippen LogP contribution in [-0.4, -0.2) is 17.0 Å². The lowest BCUT2D eigenvalue weighted by molar-refractivity contribution is 0.201. The summed E-state index contributed by atoms with van der Waals surface area (Å²) < 4.78 is 6.31. The number of phenols is 1. The van der Waals surface area contributed by atoms with Gasteiger partial charge in [0, 0.05) is 4.83 Å². The van der Waals surface area contributed by atoms with Gasteiger partial charge in [0.15, 0.2) is 0 Å². The van der Waals surface area contributed by atoms with Crippen LogP contribution in [0, 0.1) is 14.9 Å². The maximum absolute atomic E-state index is 10.3. The number of hydrogen-bond donors (Lipinski definition) is 1. The SMILES string of the molecule is C=C1CCC(Br)C(C)(C)C1Cc1cc(OC)c(I)cc1O. The van der Waals surface area contributed by atoms with Gasteiger partial charge in [-0.1, -0.05) is 41.9 Å². The van der Waals surface area contributed by atoms with Crippen LogP contribution < -0.4 is 4.74 Å². The Bertz CT molecular complexity index is 554. The van der Waals surface area contributed by atoms with Crippen molar-refractivity contribution in [1.82, 2.24) is 0 Å². The molecule has 2 nitrogen and oxygen atoms in total. The van der Waals surface area contributed by atoms with Gasteiger partial charge in [-0.2, -0.15) is 0 Å². The zero-order valence-corrected chi connectivity index (χ0v) is 16.5. The minimum Gasteiger partial charge on any atom is -0.508 e. The smallest absolute Gasteiger partial charge is 0.132 e. The molecule has 1 aromatic carbocycles. The van der Waals surface area contributed by atoms with Gasteiger partial charge in [0.2, 0.25) is 0 Å². The Hall–Kier alpha value is -0.230. The fraction of sp³-hybridized carbons (Fsp3) is 0.529. The molecular formula is C17H22BrIO2. The lowest BCUT2D eigenvalue weighted by Crippen LogP contribution is -2.39. The van der Waals surface area contributed by atoms with Gasteiger partial charge in [-0.3, -0.25) is 0 Å². The molecule has 0 bridgehead atoms. The van der Waals surface area contributed by atoms with E-state index < -0.39 is 0 Å². The second-order valence-corrected chi connectivity index (χ2v) is 8.63. The Balaban J connectivity index is 2.34. The third-order valence-electron chi connectivity index (χ3n) is 4.69. The first-order valence-corrected chi connectivity index (χ1v) is 9.14. The van der Waals surface area contributed by atoms with Gasteiger partial charge in [-0.25, -0.2) is 0 Å². The van der Waals surface area contributed by atoms with Crippen LogP contribution >= 0.6 is 38.5 Å². The maximum Gasteiger partial charge on any atom is 0.132 e. The molecule has 4 heteroatoms. The van der Waals surface area contributed by atoms with E-state index in [9.17, 15) is 5.11 Å². The average Bonchev–Trinajstić information content (AvgIpc) is 2.41. The standard InChI is InChI=1S/C17H22BrIO2/c1-10-5-6-16(18)17(2,3)12(10)7-11-8-15(21-4)13(19)9-14(11)20/h8-9,12,16,20H,1,5-7H2,2-4H3. The molecule has 1 aliphatic carbocycles. The molecule has 0 aliphatic heterocycles. The molecule has 21 heavy (non-hydrogen) atoms. The molecule has 1 fully saturated rings. The lowest BCUT2D eigenvalue weighted by Gasteiger charge is -2.44. The van der Waals surface area contributed by atoms with E-state index in [1.54, 1.807) is 13.2 Å². The van der Waals surface area contributed by atoms with E-state index in [4.69, 9.17) is 4.74 Å². The fourth-order valence-electron chi connectivity index (χ4n) is 3.13. The van der Waals surface area contributed by atoms with Gasteiger partial charge in [0.05, 0.1) is 10.7 Å². The Morgan fingerprint density at radius 1 is 1.48 bits per heavy atom. The van der Waals surface area contributed by atoms with E-state index in [1.165, 1.54) is 5.57 Å². The van der Waals surface area contributed by atoms with Crippen molar-refractivity contribution >= 4 is 38.5 Å². The highest BCUT2D eigenvalue weighted by Gasteiger charge is 2.41. The molecule has 116 valence electrons. The van der Waals surface area contributed by atoms with Crippen LogP contribution in [0.15, 0.2) is 24.3 Å². The molecular weight excluding hydrogens is 443 g/mol. The van der Waals surface area contributed by atoms with Crippen molar-refractivity contribution in [3.05, 3.63) is 33.4 Å². The highest BCUT2D eigenvalue weighted by atomic mass is 127. The normalized spacial score (nSPS) is 24.9. The number of aromatic hydroxyl groups is 1. The quantitative estimate of drug-likeness (QED) is 0.373. The summed E-state index contributed by atoms with van der Waals surface area (Å²) >= 11 is 6.00. The van der Waals surface area contributed by atoms with Crippen molar-refractivity contribution in [1.29, 1.82) is 0 Å². The number of methoxy groups -OCH3 is 1. The van der Waals surface area contributed by atoms with E-state index in [-0.39, 0.29) is 5.41 Å². The van der Waals surface area contributed by atoms with Gasteiger partial charge in [-0.15, -0.1) is 0 Å². The van der Waals surface area contributed by atoms with Crippen molar-refractivity contribution in [2.75, 3.05) is 7.11 Å². The van der Waals surface area contributed by atoms with Crippen molar-refractivity contribution < 1.29 is 9.84 Å². The predicted molar refractivity (Wildman–Crippen MR) is 99.4 cm³/mol. The summed E-state index contributed by atoms with van der Waals surface area (Å²) in [7, 11) is 1.66. The average molecular weight is 465 g/mol. The monoisotopic (exact) mass is 464 g/mol. The van der Waals surface area contributed by atoms with Crippen LogP contribution in [0.25, 0.3) is 0 Å². The van der Waals surface area contributed by atoms with Gasteiger partial charge in [0.25, 0.3) is 0 Å². The van der Waals surface area contributed by atoms with Crippen LogP contribution in [0.3, 0.4) is 0 Å². The van der Waals surface area contributed by atoms with Gasteiger partial charge in [0.1, 0.15) is 11.5 Å². The molecule has 2 atom stereocenters. The molecule has 1 aromatic rings. The molecule has 1 aliphatic rings. The summed E-state index contributed by atoms with van der Waals surface area (Å²) in [6.07, 6.45) is 2.98. The molecule has 0 radical (unpaired) electrons. The zero-order valence-electron chi connectivity index (χ0n) is 12.7. The summed E-state index contributed by atoms with van der Waals surface area (Å²) in [4.78, 5) is 0.480. The Morgan fingerprint density at radius 2 is 2.14 bits per heavy atom. The molecule has 1 N–H and O–H groups in total. The minimum absolute atomic E-state index is 0.123. The first-order valence-electron chi connectivity index (χ1n) is 7.14. The van der Waals surface area contributed by atoms with Gasteiger partial charge >= 0.3 is 0 Å². The molecule has 0 saturated heterocycles. The third-order valence-corrected chi connectivity index (χ3v) is 7.18. The Labute approximate surface area is 149 Å². The van der Waals surface area contributed by atoms with Crippen molar-refractivity contribution in [3.8, 4) is 11.5 Å². The van der Waals surface area contributed by atoms with E-state index in [0.717, 1.165) is 34.1 Å². The summed E-state index contributed by atoms with van der Waals surface area (Å²) in [5, 5.41) is 10.3. The van der Waals surface area contributed by atoms with Crippen molar-refractivity contribution in [2.45, 2.75) is 37.9 Å². The number of halogens is 2. The second-order valence-electron chi connectivity index (χ2n) is 6.36. The summed E-state index contributed by atoms with van der Waals surface area (Å²) in [5.74, 6) is 1.52. The summed E-state index contributed by atoms with van der Waals surface area (Å²) in [5.41, 5.74) is 2.35. The first-order chi connectivity index (χ1) is 9.77. The number of allylic oxidation sites excluding steroid dienone is 1. The van der Waals surface area contributed by atoms with Crippen LogP contribution in [0.4, 0.5) is 0 Å². The van der Waals surface area contributed by atoms with E-state index >= 15 is 0 Å². The third kappa shape index (κ3) is 3.41. The molecule has 2 unspecified atom stereocenters. The summed E-state index contributed by atoms with van der Waals surface area (Å²) in [6.45, 7) is 8.84. The Kier molecular flexibility index (Phi) is 5.29. The van der Waals surface area contributed by atoms with Crippen LogP contribution in [0.5, 0.6) is 11.5 Å². The van der Waals surface area contributed by atoms with Crippen molar-refractivity contribution in [3.63, 3.8) is 0 Å². The molecule has 0 spiro atoms. The highest BCUT2D eigenvalue weighted by Crippen LogP contribution is 2.48. The Morgan fingerprint density at radius 3 is 2.76 bits per heavy atom. The number of alkyl halides is 1. The van der Waals surface area contributed by atoms with E-state index in [1.807, 2.05) is 6.07 Å². The van der Waals surface area contributed by atoms with Gasteiger partial charge in [-0.05, 0) is 70.9 Å². The molecule has 0 aromatic heterocycles. The highest BCUT2D eigenvalue weighted by molar-refractivity contribution is 14.1. The number of benzene rings is 1. The fourth-order valence-corrected chi connectivity index (χ4v) is 4.35. The van der Waals surface area contributed by atoms with E-state index in [0.29, 0.717) is 16.5 Å². The molecule has 0 amide bonds. The number of ether oxygens (including phenoxy) is 1. The first kappa shape index (κ1) is 17.1. The van der Waals surface area contributed by atoms with Gasteiger partial charge < -0.3 is 9.84 Å². The zero-order chi connectivity index (χ0) is 15.8. The lowest BCUT2D eigenvalue weighted by atomic mass is 9.64. The van der Waals surface area contributed by atoms with Crippen LogP contribution in [-0.2, 0) is 6.42 Å². The van der Waals surface area contributed by atoms with E-state index in [2.05, 4.69) is 58.9 Å². The molecule has 0 heterocycles. The molecule has 1 saturated carbocycles. The second kappa shape index (κ2) is 6.49. The van der Waals surface area contributed by atoms with Crippen LogP contribution in [0.2, 0.25) is 0 Å². The summed E-state index contributed by atoms with van der Waals surface area (Å²) in [6, 6.07) is 3.73. The predicted octanol–water partition coefficient (Wildman–Crippen LogP) is 5.30. The topological polar surface area (TPSA) is 29.5 Å². The van der Waals surface area contributed by atoms with Crippen molar-refractivity contribution in [2.24, 2.45) is 11.3 Å². The maximum atomic E-state index is 10.3. The number of rotatable bonds is 3. The molecule has 2 rings (SSSR count). The number of hydrogen-bond acceptors (Lipinski definition) is 2. The minimum atomic E-state index is 0.123. The number of phenolic OH excluding ortho intramolecular Hbond substituents is 1. The largest absolute Gasteiger partial charge is 0.508 e.